The number of thioether (sulfide) groups is 1. The van der Waals surface area contributed by atoms with Crippen LogP contribution in [0.25, 0.3) is 0 Å². The number of hydrogen-bond acceptors (Lipinski definition) is 4. The second-order valence-corrected chi connectivity index (χ2v) is 8.23. The van der Waals surface area contributed by atoms with Crippen molar-refractivity contribution in [1.29, 1.82) is 0 Å². The van der Waals surface area contributed by atoms with Gasteiger partial charge in [-0.3, -0.25) is 9.59 Å². The SMILES string of the molecule is CSCC[C@H](NC(=O)[C@@H]1Cc2ccccc2C[NH2+]1)C(=O)NC[C@H]1CCCO1. The van der Waals surface area contributed by atoms with Gasteiger partial charge in [0.2, 0.25) is 5.91 Å². The van der Waals surface area contributed by atoms with Crippen molar-refractivity contribution in [3.8, 4) is 0 Å². The Morgan fingerprint density at radius 3 is 2.89 bits per heavy atom. The smallest absolute Gasteiger partial charge is 0.279 e. The Morgan fingerprint density at radius 2 is 2.15 bits per heavy atom. The van der Waals surface area contributed by atoms with E-state index in [1.807, 2.05) is 18.4 Å². The summed E-state index contributed by atoms with van der Waals surface area (Å²) in [5, 5.41) is 8.01. The molecule has 0 saturated carbocycles. The third-order valence-corrected chi connectivity index (χ3v) is 5.93. The van der Waals surface area contributed by atoms with Gasteiger partial charge in [0.05, 0.1) is 6.10 Å². The largest absolute Gasteiger partial charge is 0.376 e. The summed E-state index contributed by atoms with van der Waals surface area (Å²) >= 11 is 1.68. The first-order valence-electron chi connectivity index (χ1n) is 9.76. The molecule has 0 spiro atoms. The summed E-state index contributed by atoms with van der Waals surface area (Å²) in [5.74, 6) is 0.669. The molecule has 0 unspecified atom stereocenters. The average molecular weight is 393 g/mol. The fourth-order valence-corrected chi connectivity index (χ4v) is 4.14. The van der Waals surface area contributed by atoms with Gasteiger partial charge >= 0.3 is 0 Å². The molecule has 0 aromatic heterocycles. The number of carbonyl (C=O) groups is 2. The highest BCUT2D eigenvalue weighted by Crippen LogP contribution is 2.13. The second kappa shape index (κ2) is 10.1. The Morgan fingerprint density at radius 1 is 1.33 bits per heavy atom. The van der Waals surface area contributed by atoms with Gasteiger partial charge in [0, 0.05) is 25.1 Å². The molecule has 3 rings (SSSR count). The van der Waals surface area contributed by atoms with Gasteiger partial charge in [-0.05, 0) is 36.8 Å². The lowest BCUT2D eigenvalue weighted by Crippen LogP contribution is -2.93. The molecule has 2 aliphatic heterocycles. The van der Waals surface area contributed by atoms with E-state index in [9.17, 15) is 9.59 Å². The van der Waals surface area contributed by atoms with Crippen LogP contribution in [-0.2, 0) is 27.3 Å². The van der Waals surface area contributed by atoms with Crippen molar-refractivity contribution in [3.05, 3.63) is 35.4 Å². The molecule has 6 nitrogen and oxygen atoms in total. The molecule has 148 valence electrons. The van der Waals surface area contributed by atoms with Crippen molar-refractivity contribution >= 4 is 23.6 Å². The minimum atomic E-state index is -0.489. The number of amides is 2. The number of hydrogen-bond donors (Lipinski definition) is 3. The minimum absolute atomic E-state index is 0.0529. The summed E-state index contributed by atoms with van der Waals surface area (Å²) in [4.78, 5) is 25.4. The molecule has 1 saturated heterocycles. The van der Waals surface area contributed by atoms with Gasteiger partial charge in [0.25, 0.3) is 5.91 Å². The highest BCUT2D eigenvalue weighted by atomic mass is 32.2. The van der Waals surface area contributed by atoms with Crippen LogP contribution in [0.4, 0.5) is 0 Å². The monoisotopic (exact) mass is 392 g/mol. The molecule has 3 atom stereocenters. The minimum Gasteiger partial charge on any atom is -0.376 e. The van der Waals surface area contributed by atoms with Gasteiger partial charge in [-0.15, -0.1) is 0 Å². The van der Waals surface area contributed by atoms with Gasteiger partial charge in [0.1, 0.15) is 12.6 Å². The Kier molecular flexibility index (Phi) is 7.55. The van der Waals surface area contributed by atoms with Crippen LogP contribution in [0.3, 0.4) is 0 Å². The Bertz CT molecular complexity index is 649. The zero-order valence-electron chi connectivity index (χ0n) is 15.9. The van der Waals surface area contributed by atoms with Crippen LogP contribution in [0.15, 0.2) is 24.3 Å². The van der Waals surface area contributed by atoms with Gasteiger partial charge in [-0.1, -0.05) is 24.3 Å². The van der Waals surface area contributed by atoms with Crippen LogP contribution in [-0.4, -0.2) is 55.2 Å². The van der Waals surface area contributed by atoms with Crippen molar-refractivity contribution in [3.63, 3.8) is 0 Å². The summed E-state index contributed by atoms with van der Waals surface area (Å²) in [7, 11) is 0. The van der Waals surface area contributed by atoms with E-state index in [0.717, 1.165) is 31.7 Å². The number of ether oxygens (including phenoxy) is 1. The molecule has 2 amide bonds. The van der Waals surface area contributed by atoms with Gasteiger partial charge in [-0.25, -0.2) is 0 Å². The molecule has 0 aliphatic carbocycles. The molecule has 0 bridgehead atoms. The lowest BCUT2D eigenvalue weighted by Gasteiger charge is -2.25. The van der Waals surface area contributed by atoms with Gasteiger partial charge < -0.3 is 20.7 Å². The summed E-state index contributed by atoms with van der Waals surface area (Å²) in [6.45, 7) is 2.09. The first-order valence-corrected chi connectivity index (χ1v) is 11.2. The highest BCUT2D eigenvalue weighted by Gasteiger charge is 2.31. The van der Waals surface area contributed by atoms with Gasteiger partial charge in [0.15, 0.2) is 6.04 Å². The molecule has 1 fully saturated rings. The maximum Gasteiger partial charge on any atom is 0.279 e. The quantitative estimate of drug-likeness (QED) is 0.591. The van der Waals surface area contributed by atoms with Crippen molar-refractivity contribution in [1.82, 2.24) is 10.6 Å². The van der Waals surface area contributed by atoms with Crippen molar-refractivity contribution in [2.45, 2.75) is 50.4 Å². The molecule has 1 aromatic rings. The fourth-order valence-electron chi connectivity index (χ4n) is 3.67. The maximum atomic E-state index is 12.8. The summed E-state index contributed by atoms with van der Waals surface area (Å²) < 4.78 is 5.56. The maximum absolute atomic E-state index is 12.8. The zero-order valence-corrected chi connectivity index (χ0v) is 16.7. The standard InChI is InChI=1S/C20H29N3O3S/c1-27-10-8-17(19(24)22-13-16-7-4-9-26-16)23-20(25)18-11-14-5-2-3-6-15(14)12-21-18/h2-3,5-6,16-18,21H,4,7-13H2,1H3,(H,22,24)(H,23,25)/p+1/t16-,17+,18+/m1/s1. The highest BCUT2D eigenvalue weighted by molar-refractivity contribution is 7.98. The van der Waals surface area contributed by atoms with Crippen molar-refractivity contribution in [2.24, 2.45) is 0 Å². The normalized spacial score (nSPS) is 22.7. The molecular weight excluding hydrogens is 362 g/mol. The van der Waals surface area contributed by atoms with Crippen molar-refractivity contribution < 1.29 is 19.6 Å². The van der Waals surface area contributed by atoms with E-state index in [0.29, 0.717) is 19.4 Å². The molecular formula is C20H30N3O3S+. The fraction of sp³-hybridized carbons (Fsp3) is 0.600. The number of fused-ring (bicyclic) bond motifs is 1. The lowest BCUT2D eigenvalue weighted by molar-refractivity contribution is -0.695. The van der Waals surface area contributed by atoms with Crippen LogP contribution in [0.5, 0.6) is 0 Å². The second-order valence-electron chi connectivity index (χ2n) is 7.24. The van der Waals surface area contributed by atoms with Crippen LogP contribution in [0.1, 0.15) is 30.4 Å². The van der Waals surface area contributed by atoms with E-state index < -0.39 is 6.04 Å². The van der Waals surface area contributed by atoms with Crippen LogP contribution < -0.4 is 16.0 Å². The van der Waals surface area contributed by atoms with E-state index in [1.165, 1.54) is 11.1 Å². The summed E-state index contributed by atoms with van der Waals surface area (Å²) in [6, 6.07) is 7.57. The van der Waals surface area contributed by atoms with Gasteiger partial charge in [-0.2, -0.15) is 11.8 Å². The van der Waals surface area contributed by atoms with E-state index in [2.05, 4.69) is 28.1 Å². The molecule has 1 aromatic carbocycles. The third kappa shape index (κ3) is 5.70. The Hall–Kier alpha value is -1.57. The average Bonchev–Trinajstić information content (AvgIpc) is 3.22. The molecule has 0 radical (unpaired) electrons. The number of benzene rings is 1. The number of quaternary nitrogens is 1. The number of nitrogens with two attached hydrogens (primary N) is 1. The molecule has 7 heteroatoms. The van der Waals surface area contributed by atoms with E-state index in [-0.39, 0.29) is 24.0 Å². The molecule has 2 aliphatic rings. The molecule has 4 N–H and O–H groups in total. The third-order valence-electron chi connectivity index (χ3n) is 5.29. The lowest BCUT2D eigenvalue weighted by atomic mass is 9.95. The Balaban J connectivity index is 1.54. The van der Waals surface area contributed by atoms with Crippen LogP contribution >= 0.6 is 11.8 Å². The predicted octanol–water partition coefficient (Wildman–Crippen LogP) is 0.208. The van der Waals surface area contributed by atoms with Crippen LogP contribution in [0, 0.1) is 0 Å². The predicted molar refractivity (Wildman–Crippen MR) is 106 cm³/mol. The number of carbonyl (C=O) groups excluding carboxylic acids is 2. The summed E-state index contributed by atoms with van der Waals surface area (Å²) in [6.07, 6.45) is 5.48. The Labute approximate surface area is 165 Å². The number of rotatable bonds is 8. The first kappa shape index (κ1) is 20.2. The van der Waals surface area contributed by atoms with E-state index in [4.69, 9.17) is 4.74 Å². The zero-order chi connectivity index (χ0) is 19.1. The molecule has 2 heterocycles. The molecule has 27 heavy (non-hydrogen) atoms. The summed E-state index contributed by atoms with van der Waals surface area (Å²) in [5.41, 5.74) is 2.51. The van der Waals surface area contributed by atoms with E-state index in [1.54, 1.807) is 11.8 Å². The van der Waals surface area contributed by atoms with E-state index >= 15 is 0 Å². The van der Waals surface area contributed by atoms with Crippen molar-refractivity contribution in [2.75, 3.05) is 25.2 Å². The van der Waals surface area contributed by atoms with Crippen LogP contribution in [0.2, 0.25) is 0 Å². The topological polar surface area (TPSA) is 84.0 Å². The first-order chi connectivity index (χ1) is 13.2. The number of nitrogens with one attached hydrogen (secondary N) is 2.